The van der Waals surface area contributed by atoms with Gasteiger partial charge in [0.25, 0.3) is 0 Å². The highest BCUT2D eigenvalue weighted by molar-refractivity contribution is 9.10. The maximum Gasteiger partial charge on any atom is 0.229 e. The zero-order chi connectivity index (χ0) is 19.7. The molecule has 0 aromatic heterocycles. The molecule has 0 aliphatic rings. The van der Waals surface area contributed by atoms with Gasteiger partial charge < -0.3 is 0 Å². The van der Waals surface area contributed by atoms with Gasteiger partial charge in [-0.1, -0.05) is 31.9 Å². The molecule has 0 aliphatic carbocycles. The first-order valence-electron chi connectivity index (χ1n) is 6.95. The normalized spacial score (nSPS) is 11.8. The Morgan fingerprint density at radius 3 is 1.42 bits per heavy atom. The predicted molar refractivity (Wildman–Crippen MR) is 109 cm³/mol. The van der Waals surface area contributed by atoms with Gasteiger partial charge in [0.15, 0.2) is 5.78 Å². The number of ketones is 1. The fourth-order valence-corrected chi connectivity index (χ4v) is 4.00. The number of carbonyl (C=O) groups is 1. The van der Waals surface area contributed by atoms with Crippen LogP contribution in [0.5, 0.6) is 0 Å². The third-order valence-corrected chi connectivity index (χ3v) is 5.21. The first kappa shape index (κ1) is 20.9. The van der Waals surface area contributed by atoms with Crippen LogP contribution in [-0.4, -0.2) is 35.1 Å². The first-order chi connectivity index (χ1) is 11.9. The Bertz CT molecular complexity index is 998. The summed E-state index contributed by atoms with van der Waals surface area (Å²) in [6.07, 6.45) is 1.94. The number of benzene rings is 2. The Labute approximate surface area is 168 Å². The summed E-state index contributed by atoms with van der Waals surface area (Å²) in [6, 6.07) is 8.98. The second-order valence-electron chi connectivity index (χ2n) is 5.46. The number of hydrogen-bond donors (Lipinski definition) is 2. The highest BCUT2D eigenvalue weighted by Gasteiger charge is 2.20. The fourth-order valence-electron chi connectivity index (χ4n) is 2.14. The smallest absolute Gasteiger partial charge is 0.229 e. The summed E-state index contributed by atoms with van der Waals surface area (Å²) >= 11 is 6.46. The average molecular weight is 526 g/mol. The molecule has 2 N–H and O–H groups in total. The Balaban J connectivity index is 2.60. The van der Waals surface area contributed by atoms with E-state index in [0.29, 0.717) is 8.95 Å². The topological polar surface area (TPSA) is 109 Å². The van der Waals surface area contributed by atoms with Crippen molar-refractivity contribution < 1.29 is 21.6 Å². The summed E-state index contributed by atoms with van der Waals surface area (Å²) in [7, 11) is -7.24. The van der Waals surface area contributed by atoms with E-state index in [1.807, 2.05) is 0 Å². The quantitative estimate of drug-likeness (QED) is 0.563. The lowest BCUT2D eigenvalue weighted by molar-refractivity contribution is 0.104. The van der Waals surface area contributed by atoms with Crippen LogP contribution in [0.4, 0.5) is 11.4 Å². The number of rotatable bonds is 6. The third-order valence-electron chi connectivity index (χ3n) is 3.04. The average Bonchev–Trinajstić information content (AvgIpc) is 2.43. The molecule has 26 heavy (non-hydrogen) atoms. The van der Waals surface area contributed by atoms with Gasteiger partial charge in [-0.2, -0.15) is 0 Å². The van der Waals surface area contributed by atoms with Crippen LogP contribution < -0.4 is 9.44 Å². The van der Waals surface area contributed by atoms with E-state index < -0.39 is 25.8 Å². The monoisotopic (exact) mass is 524 g/mol. The number of hydrogen-bond acceptors (Lipinski definition) is 5. The van der Waals surface area contributed by atoms with Gasteiger partial charge in [0, 0.05) is 20.1 Å². The Kier molecular flexibility index (Phi) is 6.16. The van der Waals surface area contributed by atoms with E-state index in [9.17, 15) is 21.6 Å². The lowest BCUT2D eigenvalue weighted by atomic mass is 10.0. The molecule has 0 amide bonds. The SMILES string of the molecule is CS(=O)(=O)Nc1cc(Br)ccc1C(=O)c1ccc(Br)cc1NS(C)(=O)=O. The second kappa shape index (κ2) is 7.67. The molecular weight excluding hydrogens is 512 g/mol. The molecule has 2 rings (SSSR count). The molecule has 140 valence electrons. The molecule has 0 atom stereocenters. The van der Waals surface area contributed by atoms with Crippen molar-refractivity contribution in [1.29, 1.82) is 0 Å². The number of carbonyl (C=O) groups excluding carboxylic acids is 1. The van der Waals surface area contributed by atoms with Crippen molar-refractivity contribution in [1.82, 2.24) is 0 Å². The summed E-state index contributed by atoms with van der Waals surface area (Å²) in [6.45, 7) is 0. The molecule has 0 spiro atoms. The highest BCUT2D eigenvalue weighted by Crippen LogP contribution is 2.29. The summed E-state index contributed by atoms with van der Waals surface area (Å²) < 4.78 is 52.1. The van der Waals surface area contributed by atoms with Crippen LogP contribution in [0.15, 0.2) is 45.3 Å². The first-order valence-corrected chi connectivity index (χ1v) is 12.3. The second-order valence-corrected chi connectivity index (χ2v) is 10.8. The van der Waals surface area contributed by atoms with Gasteiger partial charge in [-0.05, 0) is 36.4 Å². The third kappa shape index (κ3) is 5.79. The fraction of sp³-hybridized carbons (Fsp3) is 0.133. The summed E-state index contributed by atoms with van der Waals surface area (Å²) in [5.74, 6) is -0.540. The Morgan fingerprint density at radius 2 is 1.12 bits per heavy atom. The minimum Gasteiger partial charge on any atom is -0.288 e. The van der Waals surface area contributed by atoms with E-state index in [0.717, 1.165) is 12.5 Å². The molecule has 7 nitrogen and oxygen atoms in total. The van der Waals surface area contributed by atoms with Crippen molar-refractivity contribution >= 4 is 69.1 Å². The summed E-state index contributed by atoms with van der Waals surface area (Å²) in [4.78, 5) is 13.0. The summed E-state index contributed by atoms with van der Waals surface area (Å²) in [5.41, 5.74) is 0.329. The predicted octanol–water partition coefficient (Wildman–Crippen LogP) is 3.19. The van der Waals surface area contributed by atoms with Gasteiger partial charge in [-0.15, -0.1) is 0 Å². The molecule has 0 aliphatic heterocycles. The molecule has 2 aromatic rings. The zero-order valence-electron chi connectivity index (χ0n) is 13.6. The van der Waals surface area contributed by atoms with E-state index in [1.54, 1.807) is 12.1 Å². The molecule has 0 unspecified atom stereocenters. The van der Waals surface area contributed by atoms with Crippen molar-refractivity contribution in [3.8, 4) is 0 Å². The maximum absolute atomic E-state index is 13.0. The van der Waals surface area contributed by atoms with Crippen LogP contribution in [0.1, 0.15) is 15.9 Å². The van der Waals surface area contributed by atoms with E-state index in [1.165, 1.54) is 24.3 Å². The largest absolute Gasteiger partial charge is 0.288 e. The van der Waals surface area contributed by atoms with Gasteiger partial charge in [-0.25, -0.2) is 16.8 Å². The molecule has 0 bridgehead atoms. The van der Waals surface area contributed by atoms with Gasteiger partial charge in [-0.3, -0.25) is 14.2 Å². The molecular formula is C15H14Br2N2O5S2. The Morgan fingerprint density at radius 1 is 0.769 bits per heavy atom. The summed E-state index contributed by atoms with van der Waals surface area (Å²) in [5, 5.41) is 0. The number of nitrogens with one attached hydrogen (secondary N) is 2. The van der Waals surface area contributed by atoms with Crippen LogP contribution in [0.2, 0.25) is 0 Å². The van der Waals surface area contributed by atoms with Crippen LogP contribution in [-0.2, 0) is 20.0 Å². The molecule has 0 saturated carbocycles. The van der Waals surface area contributed by atoms with Crippen molar-refractivity contribution in [3.63, 3.8) is 0 Å². The molecule has 11 heteroatoms. The Hall–Kier alpha value is -1.43. The molecule has 0 heterocycles. The minimum atomic E-state index is -3.62. The standard InChI is InChI=1S/C15H14Br2N2O5S2/c1-25(21,22)18-13-7-9(16)3-5-11(13)15(20)12-6-4-10(17)8-14(12)19-26(2,23)24/h3-8,18-19H,1-2H3. The maximum atomic E-state index is 13.0. The van der Waals surface area contributed by atoms with Crippen LogP contribution >= 0.6 is 31.9 Å². The van der Waals surface area contributed by atoms with Crippen molar-refractivity contribution in [3.05, 3.63) is 56.5 Å². The zero-order valence-corrected chi connectivity index (χ0v) is 18.4. The van der Waals surface area contributed by atoms with E-state index in [2.05, 4.69) is 41.3 Å². The molecule has 0 radical (unpaired) electrons. The van der Waals surface area contributed by atoms with Crippen LogP contribution in [0.3, 0.4) is 0 Å². The molecule has 0 saturated heterocycles. The highest BCUT2D eigenvalue weighted by atomic mass is 79.9. The van der Waals surface area contributed by atoms with E-state index >= 15 is 0 Å². The number of sulfonamides is 2. The lowest BCUT2D eigenvalue weighted by Gasteiger charge is -2.14. The van der Waals surface area contributed by atoms with E-state index in [4.69, 9.17) is 0 Å². The van der Waals surface area contributed by atoms with Crippen molar-refractivity contribution in [2.24, 2.45) is 0 Å². The van der Waals surface area contributed by atoms with Gasteiger partial charge in [0.2, 0.25) is 20.0 Å². The van der Waals surface area contributed by atoms with Gasteiger partial charge in [0.1, 0.15) is 0 Å². The molecule has 0 fully saturated rings. The van der Waals surface area contributed by atoms with Crippen molar-refractivity contribution in [2.45, 2.75) is 0 Å². The van der Waals surface area contributed by atoms with Gasteiger partial charge in [0.05, 0.1) is 23.9 Å². The van der Waals surface area contributed by atoms with Crippen LogP contribution in [0, 0.1) is 0 Å². The minimum absolute atomic E-state index is 0.0810. The van der Waals surface area contributed by atoms with Crippen LogP contribution in [0.25, 0.3) is 0 Å². The number of halogens is 2. The lowest BCUT2D eigenvalue weighted by Crippen LogP contribution is -2.16. The van der Waals surface area contributed by atoms with Crippen molar-refractivity contribution in [2.75, 3.05) is 22.0 Å². The van der Waals surface area contributed by atoms with E-state index in [-0.39, 0.29) is 22.5 Å². The molecule has 2 aromatic carbocycles. The number of anilines is 2. The van der Waals surface area contributed by atoms with Gasteiger partial charge >= 0.3 is 0 Å².